The van der Waals surface area contributed by atoms with Crippen LogP contribution in [0.3, 0.4) is 0 Å². The fourth-order valence-electron chi connectivity index (χ4n) is 1.82. The van der Waals surface area contributed by atoms with Crippen molar-refractivity contribution in [2.75, 3.05) is 0 Å². The third-order valence-electron chi connectivity index (χ3n) is 2.95. The van der Waals surface area contributed by atoms with Crippen LogP contribution in [0.25, 0.3) is 11.0 Å². The lowest BCUT2D eigenvalue weighted by atomic mass is 10.1. The fraction of sp³-hybridized carbons (Fsp3) is 0.286. The number of amides is 1. The number of aryl methyl sites for hydroxylation is 2. The molecule has 100 valence electrons. The zero-order valence-corrected chi connectivity index (χ0v) is 11.0. The summed E-state index contributed by atoms with van der Waals surface area (Å²) >= 11 is 0. The highest BCUT2D eigenvalue weighted by Crippen LogP contribution is 2.27. The molecule has 2 aromatic rings. The topological polar surface area (TPSA) is 82.5 Å². The Hall–Kier alpha value is -2.30. The number of fused-ring (bicyclic) bond motifs is 1. The molecule has 0 unspecified atom stereocenters. The van der Waals surface area contributed by atoms with E-state index < -0.39 is 12.0 Å². The zero-order chi connectivity index (χ0) is 14.2. The Morgan fingerprint density at radius 2 is 1.95 bits per heavy atom. The van der Waals surface area contributed by atoms with Gasteiger partial charge in [0.15, 0.2) is 6.10 Å². The number of ether oxygens (including phenoxy) is 1. The van der Waals surface area contributed by atoms with Crippen LogP contribution in [0.15, 0.2) is 27.4 Å². The van der Waals surface area contributed by atoms with Gasteiger partial charge in [-0.05, 0) is 44.0 Å². The molecule has 0 spiro atoms. The predicted octanol–water partition coefficient (Wildman–Crippen LogP) is 1.66. The minimum absolute atomic E-state index is 0.386. The molecule has 1 atom stereocenters. The quantitative estimate of drug-likeness (QED) is 0.852. The lowest BCUT2D eigenvalue weighted by molar-refractivity contribution is -0.123. The Balaban J connectivity index is 2.55. The highest BCUT2D eigenvalue weighted by atomic mass is 16.5. The van der Waals surface area contributed by atoms with Gasteiger partial charge >= 0.3 is 5.63 Å². The molecule has 0 saturated heterocycles. The summed E-state index contributed by atoms with van der Waals surface area (Å²) in [5.41, 5.74) is 6.86. The number of hydrogen-bond acceptors (Lipinski definition) is 4. The van der Waals surface area contributed by atoms with Crippen molar-refractivity contribution in [3.63, 3.8) is 0 Å². The lowest BCUT2D eigenvalue weighted by Crippen LogP contribution is -2.30. The molecule has 2 N–H and O–H groups in total. The van der Waals surface area contributed by atoms with Crippen LogP contribution in [0.2, 0.25) is 0 Å². The van der Waals surface area contributed by atoms with Crippen LogP contribution in [-0.2, 0) is 4.79 Å². The molecule has 0 bridgehead atoms. The molecular weight excluding hydrogens is 246 g/mol. The van der Waals surface area contributed by atoms with Crippen LogP contribution < -0.4 is 16.1 Å². The van der Waals surface area contributed by atoms with Gasteiger partial charge in [-0.3, -0.25) is 4.79 Å². The first-order valence-electron chi connectivity index (χ1n) is 5.89. The number of benzene rings is 1. The van der Waals surface area contributed by atoms with Gasteiger partial charge in [0, 0.05) is 11.5 Å². The lowest BCUT2D eigenvalue weighted by Gasteiger charge is -2.14. The molecule has 1 amide bonds. The molecular formula is C14H15NO4. The van der Waals surface area contributed by atoms with Crippen molar-refractivity contribution in [1.82, 2.24) is 0 Å². The van der Waals surface area contributed by atoms with Crippen molar-refractivity contribution in [3.8, 4) is 5.75 Å². The highest BCUT2D eigenvalue weighted by molar-refractivity contribution is 5.83. The van der Waals surface area contributed by atoms with Gasteiger partial charge in [0.2, 0.25) is 0 Å². The normalized spacial score (nSPS) is 12.4. The van der Waals surface area contributed by atoms with E-state index in [2.05, 4.69) is 0 Å². The predicted molar refractivity (Wildman–Crippen MR) is 71.2 cm³/mol. The summed E-state index contributed by atoms with van der Waals surface area (Å²) in [5, 5.41) is 0.775. The molecule has 1 heterocycles. The SMILES string of the molecule is Cc1cc2oc(=O)cc(C)c2cc1O[C@H](C)C(N)=O. The molecule has 5 heteroatoms. The average Bonchev–Trinajstić information content (AvgIpc) is 2.30. The first-order chi connectivity index (χ1) is 8.88. The van der Waals surface area contributed by atoms with E-state index in [9.17, 15) is 9.59 Å². The molecule has 0 aliphatic carbocycles. The molecule has 0 aliphatic rings. The standard InChI is InChI=1S/C14H15NO4/c1-7-5-13(16)19-12-4-8(2)11(6-10(7)12)18-9(3)14(15)17/h4-6,9H,1-3H3,(H2,15,17)/t9-/m1/s1. The molecule has 0 aliphatic heterocycles. The van der Waals surface area contributed by atoms with Gasteiger partial charge in [0.1, 0.15) is 11.3 Å². The van der Waals surface area contributed by atoms with E-state index in [1.807, 2.05) is 13.8 Å². The van der Waals surface area contributed by atoms with E-state index in [1.165, 1.54) is 6.07 Å². The van der Waals surface area contributed by atoms with E-state index in [-0.39, 0.29) is 5.63 Å². The first-order valence-corrected chi connectivity index (χ1v) is 5.89. The van der Waals surface area contributed by atoms with E-state index in [0.717, 1.165) is 16.5 Å². The fourth-order valence-corrected chi connectivity index (χ4v) is 1.82. The van der Waals surface area contributed by atoms with E-state index in [0.29, 0.717) is 11.3 Å². The van der Waals surface area contributed by atoms with E-state index in [4.69, 9.17) is 14.9 Å². The maximum Gasteiger partial charge on any atom is 0.336 e. The number of nitrogens with two attached hydrogens (primary N) is 1. The molecule has 0 fully saturated rings. The maximum atomic E-state index is 11.3. The Morgan fingerprint density at radius 1 is 1.26 bits per heavy atom. The molecule has 0 saturated carbocycles. The molecule has 2 rings (SSSR count). The van der Waals surface area contributed by atoms with Gasteiger partial charge in [-0.25, -0.2) is 4.79 Å². The van der Waals surface area contributed by atoms with Crippen LogP contribution in [0, 0.1) is 13.8 Å². The van der Waals surface area contributed by atoms with Crippen molar-refractivity contribution < 1.29 is 13.9 Å². The van der Waals surface area contributed by atoms with Crippen LogP contribution in [0.1, 0.15) is 18.1 Å². The Labute approximate surface area is 110 Å². The van der Waals surface area contributed by atoms with Gasteiger partial charge in [0.25, 0.3) is 5.91 Å². The summed E-state index contributed by atoms with van der Waals surface area (Å²) in [6.07, 6.45) is -0.716. The summed E-state index contributed by atoms with van der Waals surface area (Å²) in [4.78, 5) is 22.3. The summed E-state index contributed by atoms with van der Waals surface area (Å²) in [6.45, 7) is 5.21. The van der Waals surface area contributed by atoms with Crippen LogP contribution in [-0.4, -0.2) is 12.0 Å². The van der Waals surface area contributed by atoms with Crippen molar-refractivity contribution in [2.24, 2.45) is 5.73 Å². The minimum Gasteiger partial charge on any atom is -0.481 e. The van der Waals surface area contributed by atoms with Gasteiger partial charge in [-0.1, -0.05) is 0 Å². The summed E-state index contributed by atoms with van der Waals surface area (Å²) in [7, 11) is 0. The highest BCUT2D eigenvalue weighted by Gasteiger charge is 2.13. The monoisotopic (exact) mass is 261 g/mol. The summed E-state index contributed by atoms with van der Waals surface area (Å²) in [5.74, 6) is 0.0200. The van der Waals surface area contributed by atoms with Crippen molar-refractivity contribution in [3.05, 3.63) is 39.7 Å². The average molecular weight is 261 g/mol. The van der Waals surface area contributed by atoms with Crippen LogP contribution in [0.5, 0.6) is 5.75 Å². The number of hydrogen-bond donors (Lipinski definition) is 1. The van der Waals surface area contributed by atoms with Crippen LogP contribution in [0.4, 0.5) is 0 Å². The van der Waals surface area contributed by atoms with Crippen molar-refractivity contribution in [1.29, 1.82) is 0 Å². The first kappa shape index (κ1) is 13.1. The smallest absolute Gasteiger partial charge is 0.336 e. The van der Waals surface area contributed by atoms with Crippen molar-refractivity contribution >= 4 is 16.9 Å². The molecule has 19 heavy (non-hydrogen) atoms. The Bertz CT molecular complexity index is 702. The Morgan fingerprint density at radius 3 is 2.58 bits per heavy atom. The van der Waals surface area contributed by atoms with Crippen molar-refractivity contribution in [2.45, 2.75) is 26.9 Å². The minimum atomic E-state index is -0.716. The van der Waals surface area contributed by atoms with E-state index in [1.54, 1.807) is 19.1 Å². The second-order valence-corrected chi connectivity index (χ2v) is 4.52. The number of carbonyl (C=O) groups is 1. The summed E-state index contributed by atoms with van der Waals surface area (Å²) in [6, 6.07) is 4.88. The molecule has 5 nitrogen and oxygen atoms in total. The van der Waals surface area contributed by atoms with Gasteiger partial charge in [-0.15, -0.1) is 0 Å². The summed E-state index contributed by atoms with van der Waals surface area (Å²) < 4.78 is 10.6. The Kier molecular flexibility index (Phi) is 3.29. The molecule has 1 aromatic heterocycles. The second kappa shape index (κ2) is 4.76. The third kappa shape index (κ3) is 2.59. The number of carbonyl (C=O) groups excluding carboxylic acids is 1. The van der Waals surface area contributed by atoms with Gasteiger partial charge in [0.05, 0.1) is 0 Å². The van der Waals surface area contributed by atoms with Gasteiger partial charge < -0.3 is 14.9 Å². The maximum absolute atomic E-state index is 11.3. The molecule has 1 aromatic carbocycles. The third-order valence-corrected chi connectivity index (χ3v) is 2.95. The second-order valence-electron chi connectivity index (χ2n) is 4.52. The van der Waals surface area contributed by atoms with Gasteiger partial charge in [-0.2, -0.15) is 0 Å². The zero-order valence-electron chi connectivity index (χ0n) is 11.0. The molecule has 0 radical (unpaired) electrons. The van der Waals surface area contributed by atoms with Crippen LogP contribution >= 0.6 is 0 Å². The largest absolute Gasteiger partial charge is 0.481 e. The number of primary amides is 1. The number of rotatable bonds is 3. The van der Waals surface area contributed by atoms with E-state index >= 15 is 0 Å².